The van der Waals surface area contributed by atoms with Crippen LogP contribution in [-0.4, -0.2) is 55.2 Å². The fourth-order valence-electron chi connectivity index (χ4n) is 3.19. The Hall–Kier alpha value is -1.30. The van der Waals surface area contributed by atoms with Gasteiger partial charge >= 0.3 is 7.12 Å². The monoisotopic (exact) mass is 314 g/mol. The van der Waals surface area contributed by atoms with Crippen LogP contribution in [0.3, 0.4) is 0 Å². The Balaban J connectivity index is 1.63. The highest BCUT2D eigenvalue weighted by Gasteiger charge is 2.42. The molecule has 0 N–H and O–H groups in total. The molecule has 1 aromatic rings. The van der Waals surface area contributed by atoms with Crippen molar-refractivity contribution >= 4 is 12.6 Å². The van der Waals surface area contributed by atoms with Crippen LogP contribution in [-0.2, 0) is 15.9 Å². The molecule has 2 saturated heterocycles. The van der Waals surface area contributed by atoms with E-state index >= 15 is 0 Å². The van der Waals surface area contributed by atoms with Gasteiger partial charge in [0.25, 0.3) is 0 Å². The minimum atomic E-state index is -0.418. The van der Waals surface area contributed by atoms with Gasteiger partial charge in [0.2, 0.25) is 0 Å². The van der Waals surface area contributed by atoms with Gasteiger partial charge in [-0.2, -0.15) is 0 Å². The number of benzene rings is 1. The van der Waals surface area contributed by atoms with Gasteiger partial charge in [-0.15, -0.1) is 0 Å². The lowest BCUT2D eigenvalue weighted by Crippen LogP contribution is -2.49. The van der Waals surface area contributed by atoms with E-state index in [9.17, 15) is 0 Å². The summed E-state index contributed by atoms with van der Waals surface area (Å²) in [5, 5.41) is 0. The van der Waals surface area contributed by atoms with Gasteiger partial charge in [-0.1, -0.05) is 30.8 Å². The Kier molecular flexibility index (Phi) is 4.54. The van der Waals surface area contributed by atoms with Crippen molar-refractivity contribution in [2.75, 3.05) is 26.7 Å². The second kappa shape index (κ2) is 6.31. The lowest BCUT2D eigenvalue weighted by atomic mass is 9.79. The summed E-state index contributed by atoms with van der Waals surface area (Å²) in [5.41, 5.74) is 1.96. The van der Waals surface area contributed by atoms with Crippen LogP contribution in [0.25, 0.3) is 0 Å². The second-order valence-electron chi connectivity index (χ2n) is 7.32. The molecule has 23 heavy (non-hydrogen) atoms. The maximum Gasteiger partial charge on any atom is 0.563 e. The van der Waals surface area contributed by atoms with Gasteiger partial charge in [0.15, 0.2) is 0 Å². The maximum atomic E-state index is 5.93. The average Bonchev–Trinajstić information content (AvgIpc) is 2.77. The average molecular weight is 314 g/mol. The summed E-state index contributed by atoms with van der Waals surface area (Å²) in [5.74, 6) is 0.692. The van der Waals surface area contributed by atoms with E-state index in [1.807, 2.05) is 13.8 Å². The molecule has 0 saturated carbocycles. The number of rotatable bonds is 3. The van der Waals surface area contributed by atoms with Crippen LogP contribution >= 0.6 is 0 Å². The van der Waals surface area contributed by atoms with E-state index in [1.165, 1.54) is 5.56 Å². The van der Waals surface area contributed by atoms with Gasteiger partial charge in [-0.05, 0) is 38.8 Å². The van der Waals surface area contributed by atoms with E-state index in [4.69, 9.17) is 9.31 Å². The predicted octanol–water partition coefficient (Wildman–Crippen LogP) is 1.86. The molecule has 0 bridgehead atoms. The predicted molar refractivity (Wildman–Crippen MR) is 94.6 cm³/mol. The third-order valence-corrected chi connectivity index (χ3v) is 4.93. The lowest BCUT2D eigenvalue weighted by Gasteiger charge is -2.38. The van der Waals surface area contributed by atoms with Gasteiger partial charge in [0.05, 0.1) is 5.76 Å². The SMILES string of the molecule is C=C1OB(c2ccc(CN3CCN(C)C[C@@H]3C)cc2)OC1(C)C. The molecule has 4 nitrogen and oxygen atoms in total. The molecular formula is C18H27BN2O2. The Morgan fingerprint density at radius 1 is 1.26 bits per heavy atom. The van der Waals surface area contributed by atoms with Crippen molar-refractivity contribution < 1.29 is 9.31 Å². The number of hydrogen-bond donors (Lipinski definition) is 0. The Morgan fingerprint density at radius 3 is 2.52 bits per heavy atom. The zero-order valence-electron chi connectivity index (χ0n) is 14.7. The van der Waals surface area contributed by atoms with Gasteiger partial charge in [-0.25, -0.2) is 0 Å². The molecule has 0 unspecified atom stereocenters. The van der Waals surface area contributed by atoms with E-state index < -0.39 is 5.60 Å². The van der Waals surface area contributed by atoms with Crippen LogP contribution in [0.15, 0.2) is 36.6 Å². The largest absolute Gasteiger partial charge is 0.563 e. The first kappa shape index (κ1) is 16.6. The zero-order chi connectivity index (χ0) is 16.6. The van der Waals surface area contributed by atoms with Crippen molar-refractivity contribution in [2.45, 2.75) is 39.0 Å². The zero-order valence-corrected chi connectivity index (χ0v) is 14.7. The van der Waals surface area contributed by atoms with Crippen LogP contribution in [0, 0.1) is 0 Å². The lowest BCUT2D eigenvalue weighted by molar-refractivity contribution is 0.0938. The first-order valence-corrected chi connectivity index (χ1v) is 8.40. The van der Waals surface area contributed by atoms with Gasteiger partial charge in [0.1, 0.15) is 5.60 Å². The van der Waals surface area contributed by atoms with E-state index in [0.29, 0.717) is 11.8 Å². The van der Waals surface area contributed by atoms with Crippen molar-refractivity contribution in [1.29, 1.82) is 0 Å². The summed E-state index contributed by atoms with van der Waals surface area (Å²) in [7, 11) is 1.86. The summed E-state index contributed by atoms with van der Waals surface area (Å²) >= 11 is 0. The van der Waals surface area contributed by atoms with Crippen molar-refractivity contribution in [3.05, 3.63) is 42.2 Å². The molecular weight excluding hydrogens is 287 g/mol. The third kappa shape index (κ3) is 3.62. The van der Waals surface area contributed by atoms with Gasteiger partial charge in [-0.3, -0.25) is 4.90 Å². The van der Waals surface area contributed by atoms with E-state index in [1.54, 1.807) is 0 Å². The first-order chi connectivity index (χ1) is 10.8. The fraction of sp³-hybridized carbons (Fsp3) is 0.556. The van der Waals surface area contributed by atoms with E-state index in [-0.39, 0.29) is 7.12 Å². The number of hydrogen-bond acceptors (Lipinski definition) is 4. The first-order valence-electron chi connectivity index (χ1n) is 8.40. The van der Waals surface area contributed by atoms with Crippen molar-refractivity contribution in [2.24, 2.45) is 0 Å². The molecule has 5 heteroatoms. The van der Waals surface area contributed by atoms with Crippen LogP contribution in [0.2, 0.25) is 0 Å². The molecule has 2 aliphatic heterocycles. The molecule has 2 heterocycles. The number of nitrogens with zero attached hydrogens (tertiary/aromatic N) is 2. The molecule has 2 fully saturated rings. The van der Waals surface area contributed by atoms with Crippen LogP contribution in [0.4, 0.5) is 0 Å². The van der Waals surface area contributed by atoms with Crippen LogP contribution in [0.1, 0.15) is 26.3 Å². The third-order valence-electron chi connectivity index (χ3n) is 4.93. The number of piperazine rings is 1. The maximum absolute atomic E-state index is 5.93. The minimum Gasteiger partial charge on any atom is -0.534 e. The molecule has 0 aromatic heterocycles. The normalized spacial score (nSPS) is 25.7. The molecule has 0 amide bonds. The Morgan fingerprint density at radius 2 is 1.96 bits per heavy atom. The summed E-state index contributed by atoms with van der Waals surface area (Å²) in [4.78, 5) is 4.94. The molecule has 0 spiro atoms. The molecule has 2 aliphatic rings. The molecule has 3 rings (SSSR count). The van der Waals surface area contributed by atoms with Gasteiger partial charge in [0, 0.05) is 32.2 Å². The van der Waals surface area contributed by atoms with Gasteiger partial charge < -0.3 is 14.2 Å². The summed E-state index contributed by atoms with van der Waals surface area (Å²) < 4.78 is 11.7. The minimum absolute atomic E-state index is 0.339. The Labute approximate surface area is 140 Å². The highest BCUT2D eigenvalue weighted by Crippen LogP contribution is 2.29. The van der Waals surface area contributed by atoms with Crippen LogP contribution < -0.4 is 5.46 Å². The van der Waals surface area contributed by atoms with Crippen molar-refractivity contribution in [1.82, 2.24) is 9.80 Å². The number of likely N-dealkylation sites (N-methyl/N-ethyl adjacent to an activating group) is 1. The summed E-state index contributed by atoms with van der Waals surface area (Å²) in [6.07, 6.45) is 0. The molecule has 1 atom stereocenters. The Bertz CT molecular complexity index is 573. The second-order valence-corrected chi connectivity index (χ2v) is 7.32. The standard InChI is InChI=1S/C18H27BN2O2/c1-14-12-20(5)10-11-21(14)13-16-6-8-17(9-7-16)19-22-15(2)18(3,4)23-19/h6-9,14H,2,10-13H2,1,3-5H3/t14-/m0/s1. The van der Waals surface area contributed by atoms with E-state index in [0.717, 1.165) is 31.6 Å². The fourth-order valence-corrected chi connectivity index (χ4v) is 3.19. The smallest absolute Gasteiger partial charge is 0.534 e. The highest BCUT2D eigenvalue weighted by molar-refractivity contribution is 6.62. The molecule has 124 valence electrons. The summed E-state index contributed by atoms with van der Waals surface area (Å²) in [6, 6.07) is 9.17. The van der Waals surface area contributed by atoms with Crippen molar-refractivity contribution in [3.8, 4) is 0 Å². The molecule has 0 radical (unpaired) electrons. The summed E-state index contributed by atoms with van der Waals surface area (Å²) in [6.45, 7) is 14.6. The quantitative estimate of drug-likeness (QED) is 0.795. The van der Waals surface area contributed by atoms with Crippen molar-refractivity contribution in [3.63, 3.8) is 0 Å². The van der Waals surface area contributed by atoms with E-state index in [2.05, 4.69) is 54.6 Å². The highest BCUT2D eigenvalue weighted by atomic mass is 16.7. The van der Waals surface area contributed by atoms with Crippen LogP contribution in [0.5, 0.6) is 0 Å². The molecule has 0 aliphatic carbocycles. The topological polar surface area (TPSA) is 24.9 Å². The molecule has 1 aromatic carbocycles.